The molecule has 0 unspecified atom stereocenters. The monoisotopic (exact) mass is 366 g/mol. The summed E-state index contributed by atoms with van der Waals surface area (Å²) < 4.78 is 43.6. The SMILES string of the molecule is Cc1cc(Oc2csc(CO)c2)nc(-c2ccc(C(F)(F)F)cc2)n1. The van der Waals surface area contributed by atoms with E-state index in [4.69, 9.17) is 9.84 Å². The van der Waals surface area contributed by atoms with E-state index in [2.05, 4.69) is 9.97 Å². The van der Waals surface area contributed by atoms with Gasteiger partial charge in [0.15, 0.2) is 5.82 Å². The average molecular weight is 366 g/mol. The zero-order valence-corrected chi connectivity index (χ0v) is 13.9. The molecular weight excluding hydrogens is 353 g/mol. The van der Waals surface area contributed by atoms with E-state index in [9.17, 15) is 13.2 Å². The zero-order valence-electron chi connectivity index (χ0n) is 13.0. The highest BCUT2D eigenvalue weighted by atomic mass is 32.1. The molecule has 0 radical (unpaired) electrons. The van der Waals surface area contributed by atoms with Gasteiger partial charge in [-0.05, 0) is 25.1 Å². The van der Waals surface area contributed by atoms with Gasteiger partial charge in [0, 0.05) is 27.6 Å². The van der Waals surface area contributed by atoms with Gasteiger partial charge in [0.25, 0.3) is 0 Å². The van der Waals surface area contributed by atoms with Crippen LogP contribution in [-0.4, -0.2) is 15.1 Å². The summed E-state index contributed by atoms with van der Waals surface area (Å²) in [4.78, 5) is 9.26. The Labute approximate surface area is 145 Å². The van der Waals surface area contributed by atoms with Gasteiger partial charge in [-0.15, -0.1) is 11.3 Å². The van der Waals surface area contributed by atoms with E-state index < -0.39 is 11.7 Å². The minimum absolute atomic E-state index is 0.0758. The highest BCUT2D eigenvalue weighted by Crippen LogP contribution is 2.31. The van der Waals surface area contributed by atoms with Crippen molar-refractivity contribution in [2.24, 2.45) is 0 Å². The second-order valence-corrected chi connectivity index (χ2v) is 6.25. The van der Waals surface area contributed by atoms with Gasteiger partial charge in [-0.3, -0.25) is 0 Å². The fourth-order valence-corrected chi connectivity index (χ4v) is 2.79. The fraction of sp³-hybridized carbons (Fsp3) is 0.176. The predicted molar refractivity (Wildman–Crippen MR) is 87.5 cm³/mol. The quantitative estimate of drug-likeness (QED) is 0.719. The topological polar surface area (TPSA) is 55.2 Å². The summed E-state index contributed by atoms with van der Waals surface area (Å²) in [6.07, 6.45) is -4.39. The lowest BCUT2D eigenvalue weighted by atomic mass is 10.1. The fourth-order valence-electron chi connectivity index (χ4n) is 2.15. The first-order valence-corrected chi connectivity index (χ1v) is 8.12. The van der Waals surface area contributed by atoms with E-state index >= 15 is 0 Å². The number of aliphatic hydroxyl groups excluding tert-OH is 1. The van der Waals surface area contributed by atoms with Crippen molar-refractivity contribution >= 4 is 11.3 Å². The Morgan fingerprint density at radius 2 is 1.84 bits per heavy atom. The molecule has 2 heterocycles. The van der Waals surface area contributed by atoms with E-state index in [-0.39, 0.29) is 18.3 Å². The molecule has 3 rings (SSSR count). The van der Waals surface area contributed by atoms with E-state index in [0.29, 0.717) is 17.0 Å². The third-order valence-electron chi connectivity index (χ3n) is 3.31. The maximum absolute atomic E-state index is 12.7. The van der Waals surface area contributed by atoms with Crippen LogP contribution in [0.5, 0.6) is 11.6 Å². The standard InChI is InChI=1S/C17H13F3N2O2S/c1-10-6-15(24-13-7-14(8-23)25-9-13)22-16(21-10)11-2-4-12(5-3-11)17(18,19)20/h2-7,9,23H,8H2,1H3. The molecule has 0 aliphatic rings. The summed E-state index contributed by atoms with van der Waals surface area (Å²) in [6.45, 7) is 1.67. The van der Waals surface area contributed by atoms with Crippen LogP contribution in [0.2, 0.25) is 0 Å². The van der Waals surface area contributed by atoms with Crippen molar-refractivity contribution in [1.29, 1.82) is 0 Å². The maximum Gasteiger partial charge on any atom is 0.416 e. The van der Waals surface area contributed by atoms with E-state index in [1.54, 1.807) is 24.4 Å². The average Bonchev–Trinajstić information content (AvgIpc) is 3.01. The second-order valence-electron chi connectivity index (χ2n) is 5.26. The van der Waals surface area contributed by atoms with Gasteiger partial charge in [-0.25, -0.2) is 4.98 Å². The van der Waals surface area contributed by atoms with E-state index in [0.717, 1.165) is 17.0 Å². The Morgan fingerprint density at radius 3 is 2.44 bits per heavy atom. The second kappa shape index (κ2) is 6.81. The highest BCUT2D eigenvalue weighted by Gasteiger charge is 2.30. The molecule has 8 heteroatoms. The number of aryl methyl sites for hydroxylation is 1. The third-order valence-corrected chi connectivity index (χ3v) is 4.21. The molecule has 0 fully saturated rings. The third kappa shape index (κ3) is 4.15. The van der Waals surface area contributed by atoms with Crippen molar-refractivity contribution in [2.45, 2.75) is 19.7 Å². The number of rotatable bonds is 4. The predicted octanol–water partition coefficient (Wildman–Crippen LogP) is 4.82. The minimum atomic E-state index is -4.39. The summed E-state index contributed by atoms with van der Waals surface area (Å²) in [5, 5.41) is 10.8. The Balaban J connectivity index is 1.88. The molecular formula is C17H13F3N2O2S. The molecule has 2 aromatic heterocycles. The summed E-state index contributed by atoms with van der Waals surface area (Å²) in [5.74, 6) is 1.09. The number of alkyl halides is 3. The molecule has 1 N–H and O–H groups in total. The molecule has 0 spiro atoms. The molecule has 0 aliphatic carbocycles. The number of aromatic nitrogens is 2. The molecule has 0 atom stereocenters. The summed E-state index contributed by atoms with van der Waals surface area (Å²) in [5.41, 5.74) is 0.357. The molecule has 25 heavy (non-hydrogen) atoms. The number of thiophene rings is 1. The molecule has 4 nitrogen and oxygen atoms in total. The molecule has 0 amide bonds. The summed E-state index contributed by atoms with van der Waals surface area (Å²) in [7, 11) is 0. The Hall–Kier alpha value is -2.45. The van der Waals surface area contributed by atoms with Gasteiger partial charge in [0.2, 0.25) is 5.88 Å². The van der Waals surface area contributed by atoms with Crippen molar-refractivity contribution in [3.63, 3.8) is 0 Å². The molecule has 1 aromatic carbocycles. The maximum atomic E-state index is 12.7. The number of aliphatic hydroxyl groups is 1. The summed E-state index contributed by atoms with van der Waals surface area (Å²) >= 11 is 1.35. The zero-order chi connectivity index (χ0) is 18.0. The normalized spacial score (nSPS) is 11.6. The molecule has 0 bridgehead atoms. The van der Waals surface area contributed by atoms with Crippen LogP contribution in [0.3, 0.4) is 0 Å². The van der Waals surface area contributed by atoms with Crippen molar-refractivity contribution in [3.05, 3.63) is 57.9 Å². The van der Waals surface area contributed by atoms with E-state index in [1.807, 2.05) is 0 Å². The van der Waals surface area contributed by atoms with Crippen LogP contribution in [0.25, 0.3) is 11.4 Å². The first-order chi connectivity index (χ1) is 11.8. The van der Waals surface area contributed by atoms with Gasteiger partial charge in [0.1, 0.15) is 5.75 Å². The molecule has 3 aromatic rings. The van der Waals surface area contributed by atoms with Crippen LogP contribution < -0.4 is 4.74 Å². The Bertz CT molecular complexity index is 876. The first-order valence-electron chi connectivity index (χ1n) is 7.24. The Morgan fingerprint density at radius 1 is 1.12 bits per heavy atom. The van der Waals surface area contributed by atoms with E-state index in [1.165, 1.54) is 23.5 Å². The van der Waals surface area contributed by atoms with Crippen LogP contribution in [-0.2, 0) is 12.8 Å². The van der Waals surface area contributed by atoms with Crippen molar-refractivity contribution in [3.8, 4) is 23.0 Å². The number of halogens is 3. The lowest BCUT2D eigenvalue weighted by molar-refractivity contribution is -0.137. The minimum Gasteiger partial charge on any atom is -0.438 e. The molecule has 130 valence electrons. The van der Waals surface area contributed by atoms with Gasteiger partial charge in [0.05, 0.1) is 12.2 Å². The largest absolute Gasteiger partial charge is 0.438 e. The first kappa shape index (κ1) is 17.4. The van der Waals surface area contributed by atoms with Gasteiger partial charge < -0.3 is 9.84 Å². The number of hydrogen-bond donors (Lipinski definition) is 1. The number of ether oxygens (including phenoxy) is 1. The van der Waals surface area contributed by atoms with Crippen LogP contribution in [0.4, 0.5) is 13.2 Å². The highest BCUT2D eigenvalue weighted by molar-refractivity contribution is 7.10. The van der Waals surface area contributed by atoms with Crippen molar-refractivity contribution < 1.29 is 23.0 Å². The van der Waals surface area contributed by atoms with Gasteiger partial charge >= 0.3 is 6.18 Å². The lowest BCUT2D eigenvalue weighted by Crippen LogP contribution is -2.04. The van der Waals surface area contributed by atoms with Crippen molar-refractivity contribution in [2.75, 3.05) is 0 Å². The number of nitrogens with zero attached hydrogens (tertiary/aromatic N) is 2. The summed E-state index contributed by atoms with van der Waals surface area (Å²) in [6, 6.07) is 7.97. The molecule has 0 aliphatic heterocycles. The number of benzene rings is 1. The molecule has 0 saturated heterocycles. The van der Waals surface area contributed by atoms with Crippen LogP contribution >= 0.6 is 11.3 Å². The van der Waals surface area contributed by atoms with Crippen LogP contribution in [0.15, 0.2) is 41.8 Å². The Kier molecular flexibility index (Phi) is 4.73. The molecule has 0 saturated carbocycles. The van der Waals surface area contributed by atoms with Crippen LogP contribution in [0.1, 0.15) is 16.1 Å². The van der Waals surface area contributed by atoms with Crippen LogP contribution in [0, 0.1) is 6.92 Å². The van der Waals surface area contributed by atoms with Gasteiger partial charge in [-0.1, -0.05) is 12.1 Å². The smallest absolute Gasteiger partial charge is 0.416 e. The lowest BCUT2D eigenvalue weighted by Gasteiger charge is -2.09. The number of hydrogen-bond acceptors (Lipinski definition) is 5. The van der Waals surface area contributed by atoms with Crippen molar-refractivity contribution in [1.82, 2.24) is 9.97 Å². The van der Waals surface area contributed by atoms with Gasteiger partial charge in [-0.2, -0.15) is 18.2 Å².